The quantitative estimate of drug-likeness (QED) is 0.778. The Morgan fingerprint density at radius 3 is 2.41 bits per heavy atom. The van der Waals surface area contributed by atoms with Gasteiger partial charge in [0.05, 0.1) is 16.1 Å². The highest BCUT2D eigenvalue weighted by atomic mass is 35.5. The van der Waals surface area contributed by atoms with Gasteiger partial charge in [0.25, 0.3) is 0 Å². The van der Waals surface area contributed by atoms with Gasteiger partial charge in [0.2, 0.25) is 0 Å². The van der Waals surface area contributed by atoms with E-state index >= 15 is 0 Å². The Morgan fingerprint density at radius 1 is 1.27 bits per heavy atom. The maximum atomic E-state index is 11.4. The van der Waals surface area contributed by atoms with Crippen LogP contribution in [0.2, 0.25) is 10.0 Å². The molecule has 1 aliphatic rings. The molecule has 0 saturated carbocycles. The fourth-order valence-corrected chi connectivity index (χ4v) is 2.56. The molecule has 0 spiro atoms. The Bertz CT molecular complexity index is 469. The Kier molecular flexibility index (Phi) is 8.84. The molecule has 1 saturated heterocycles. The molecule has 22 heavy (non-hydrogen) atoms. The molecule has 1 aromatic carbocycles. The van der Waals surface area contributed by atoms with Crippen LogP contribution in [0.1, 0.15) is 57.4 Å². The summed E-state index contributed by atoms with van der Waals surface area (Å²) in [5.74, 6) is -1.57. The molecule has 124 valence electrons. The summed E-state index contributed by atoms with van der Waals surface area (Å²) in [4.78, 5) is 11.4. The first kappa shape index (κ1) is 19.3. The minimum Gasteiger partial charge on any atom is -0.481 e. The van der Waals surface area contributed by atoms with Crippen LogP contribution in [-0.4, -0.2) is 23.8 Å². The van der Waals surface area contributed by atoms with Crippen molar-refractivity contribution in [1.82, 2.24) is 0 Å². The summed E-state index contributed by atoms with van der Waals surface area (Å²) in [5.41, 5.74) is 0.642. The first-order valence-corrected chi connectivity index (χ1v) is 8.56. The highest BCUT2D eigenvalue weighted by Gasteiger charge is 2.32. The number of benzene rings is 1. The number of carbonyl (C=O) groups is 1. The Morgan fingerprint density at radius 2 is 1.95 bits per heavy atom. The zero-order chi connectivity index (χ0) is 16.5. The number of aliphatic carboxylic acids is 1. The average Bonchev–Trinajstić information content (AvgIpc) is 2.52. The standard InChI is InChI=1S/C13H14Cl2O3.C4H10/c14-9-5-4-8(7-10(9)15)12(13(16)17)11-3-1-2-6-18-11;1-3-4-2/h4-5,7,11-12H,1-3,6H2,(H,16,17);3-4H2,1-2H3. The number of hydrogen-bond donors (Lipinski definition) is 1. The van der Waals surface area contributed by atoms with E-state index in [-0.39, 0.29) is 6.10 Å². The van der Waals surface area contributed by atoms with Gasteiger partial charge in [-0.25, -0.2) is 0 Å². The molecular weight excluding hydrogens is 323 g/mol. The number of hydrogen-bond acceptors (Lipinski definition) is 2. The van der Waals surface area contributed by atoms with Crippen molar-refractivity contribution in [3.05, 3.63) is 33.8 Å². The summed E-state index contributed by atoms with van der Waals surface area (Å²) >= 11 is 11.8. The van der Waals surface area contributed by atoms with Gasteiger partial charge < -0.3 is 9.84 Å². The van der Waals surface area contributed by atoms with E-state index in [0.29, 0.717) is 22.2 Å². The highest BCUT2D eigenvalue weighted by molar-refractivity contribution is 6.42. The number of halogens is 2. The molecule has 1 N–H and O–H groups in total. The van der Waals surface area contributed by atoms with E-state index in [1.807, 2.05) is 0 Å². The van der Waals surface area contributed by atoms with Gasteiger partial charge in [-0.2, -0.15) is 0 Å². The van der Waals surface area contributed by atoms with Crippen molar-refractivity contribution < 1.29 is 14.6 Å². The van der Waals surface area contributed by atoms with Gasteiger partial charge in [-0.15, -0.1) is 0 Å². The highest BCUT2D eigenvalue weighted by Crippen LogP contribution is 2.32. The minimum absolute atomic E-state index is 0.284. The summed E-state index contributed by atoms with van der Waals surface area (Å²) in [5, 5.41) is 10.2. The second-order valence-electron chi connectivity index (χ2n) is 5.39. The largest absolute Gasteiger partial charge is 0.481 e. The Labute approximate surface area is 142 Å². The summed E-state index contributed by atoms with van der Waals surface area (Å²) in [6.07, 6.45) is 5.10. The lowest BCUT2D eigenvalue weighted by Crippen LogP contribution is -2.31. The molecule has 5 heteroatoms. The van der Waals surface area contributed by atoms with Crippen molar-refractivity contribution in [3.8, 4) is 0 Å². The second-order valence-corrected chi connectivity index (χ2v) is 6.21. The van der Waals surface area contributed by atoms with Crippen LogP contribution >= 0.6 is 23.2 Å². The SMILES string of the molecule is CCCC.O=C(O)C(c1ccc(Cl)c(Cl)c1)C1CCCCO1. The van der Waals surface area contributed by atoms with Crippen LogP contribution in [0.4, 0.5) is 0 Å². The van der Waals surface area contributed by atoms with E-state index in [2.05, 4.69) is 13.8 Å². The van der Waals surface area contributed by atoms with Crippen molar-refractivity contribution in [2.75, 3.05) is 6.61 Å². The van der Waals surface area contributed by atoms with Gasteiger partial charge in [-0.05, 0) is 37.0 Å². The van der Waals surface area contributed by atoms with Gasteiger partial charge in [0.1, 0.15) is 5.92 Å². The van der Waals surface area contributed by atoms with E-state index in [1.54, 1.807) is 18.2 Å². The topological polar surface area (TPSA) is 46.5 Å². The molecule has 1 aliphatic heterocycles. The Hall–Kier alpha value is -0.770. The predicted octanol–water partition coefficient (Wildman–Crippen LogP) is 5.54. The fraction of sp³-hybridized carbons (Fsp3) is 0.588. The van der Waals surface area contributed by atoms with Gasteiger partial charge >= 0.3 is 5.97 Å². The summed E-state index contributed by atoms with van der Waals surface area (Å²) in [6.45, 7) is 4.98. The molecule has 0 aliphatic carbocycles. The monoisotopic (exact) mass is 346 g/mol. The van der Waals surface area contributed by atoms with E-state index in [4.69, 9.17) is 27.9 Å². The fourth-order valence-electron chi connectivity index (χ4n) is 2.25. The smallest absolute Gasteiger partial charge is 0.313 e. The maximum Gasteiger partial charge on any atom is 0.313 e. The number of unbranched alkanes of at least 4 members (excludes halogenated alkanes) is 1. The molecule has 0 aromatic heterocycles. The number of carboxylic acid groups (broad SMARTS) is 1. The van der Waals surface area contributed by atoms with Crippen LogP contribution in [0, 0.1) is 0 Å². The van der Waals surface area contributed by atoms with Gasteiger partial charge in [-0.1, -0.05) is 56.0 Å². The first-order chi connectivity index (χ1) is 10.5. The van der Waals surface area contributed by atoms with E-state index < -0.39 is 11.9 Å². The minimum atomic E-state index is -0.889. The predicted molar refractivity (Wildman–Crippen MR) is 91.0 cm³/mol. The van der Waals surface area contributed by atoms with Gasteiger partial charge in [0.15, 0.2) is 0 Å². The molecule has 1 heterocycles. The lowest BCUT2D eigenvalue weighted by atomic mass is 9.89. The average molecular weight is 347 g/mol. The molecule has 0 amide bonds. The zero-order valence-corrected chi connectivity index (χ0v) is 14.7. The van der Waals surface area contributed by atoms with Crippen LogP contribution < -0.4 is 0 Å². The molecular formula is C17H24Cl2O3. The maximum absolute atomic E-state index is 11.4. The number of carboxylic acids is 1. The van der Waals surface area contributed by atoms with Crippen molar-refractivity contribution in [3.63, 3.8) is 0 Å². The van der Waals surface area contributed by atoms with Crippen LogP contribution in [-0.2, 0) is 9.53 Å². The third-order valence-electron chi connectivity index (χ3n) is 3.66. The summed E-state index contributed by atoms with van der Waals surface area (Å²) < 4.78 is 5.57. The third kappa shape index (κ3) is 5.79. The molecule has 2 unspecified atom stereocenters. The summed E-state index contributed by atoms with van der Waals surface area (Å²) in [6, 6.07) is 4.93. The Balaban J connectivity index is 0.000000541. The molecule has 1 aromatic rings. The molecule has 2 atom stereocenters. The number of ether oxygens (including phenoxy) is 1. The molecule has 0 radical (unpaired) electrons. The van der Waals surface area contributed by atoms with Gasteiger partial charge in [0, 0.05) is 6.61 Å². The normalized spacial score (nSPS) is 19.0. The second kappa shape index (κ2) is 10.1. The van der Waals surface area contributed by atoms with Crippen molar-refractivity contribution in [1.29, 1.82) is 0 Å². The molecule has 0 bridgehead atoms. The van der Waals surface area contributed by atoms with Crippen molar-refractivity contribution >= 4 is 29.2 Å². The van der Waals surface area contributed by atoms with E-state index in [1.165, 1.54) is 12.8 Å². The molecule has 3 nitrogen and oxygen atoms in total. The molecule has 2 rings (SSSR count). The van der Waals surface area contributed by atoms with E-state index in [0.717, 1.165) is 19.3 Å². The first-order valence-electron chi connectivity index (χ1n) is 7.80. The van der Waals surface area contributed by atoms with Crippen LogP contribution in [0.5, 0.6) is 0 Å². The summed E-state index contributed by atoms with van der Waals surface area (Å²) in [7, 11) is 0. The third-order valence-corrected chi connectivity index (χ3v) is 4.39. The van der Waals surface area contributed by atoms with Crippen molar-refractivity contribution in [2.45, 2.75) is 58.0 Å². The van der Waals surface area contributed by atoms with Crippen LogP contribution in [0.25, 0.3) is 0 Å². The van der Waals surface area contributed by atoms with Crippen molar-refractivity contribution in [2.24, 2.45) is 0 Å². The molecule has 1 fully saturated rings. The zero-order valence-electron chi connectivity index (χ0n) is 13.1. The van der Waals surface area contributed by atoms with E-state index in [9.17, 15) is 9.90 Å². The van der Waals surface area contributed by atoms with Crippen LogP contribution in [0.3, 0.4) is 0 Å². The van der Waals surface area contributed by atoms with Gasteiger partial charge in [-0.3, -0.25) is 4.79 Å². The lowest BCUT2D eigenvalue weighted by molar-refractivity contribution is -0.144. The lowest BCUT2D eigenvalue weighted by Gasteiger charge is -2.28. The number of rotatable bonds is 4. The van der Waals surface area contributed by atoms with Crippen LogP contribution in [0.15, 0.2) is 18.2 Å².